The van der Waals surface area contributed by atoms with Crippen molar-refractivity contribution in [1.82, 2.24) is 5.32 Å². The second-order valence-corrected chi connectivity index (χ2v) is 18.3. The Labute approximate surface area is 289 Å². The number of hydrogen-bond donors (Lipinski definition) is 2. The molecule has 1 fully saturated rings. The van der Waals surface area contributed by atoms with E-state index in [1.165, 1.54) is 27.2 Å². The predicted molar refractivity (Wildman–Crippen MR) is 187 cm³/mol. The van der Waals surface area contributed by atoms with Gasteiger partial charge in [0.15, 0.2) is 25.4 Å². The van der Waals surface area contributed by atoms with Crippen molar-refractivity contribution < 1.29 is 42.5 Å². The molecule has 0 aromatic heterocycles. The minimum absolute atomic E-state index is 0.0851. The highest BCUT2D eigenvalue weighted by Gasteiger charge is 2.41. The van der Waals surface area contributed by atoms with Crippen LogP contribution < -0.4 is 20.1 Å². The van der Waals surface area contributed by atoms with Crippen LogP contribution in [-0.2, 0) is 41.4 Å². The van der Waals surface area contributed by atoms with E-state index in [4.69, 9.17) is 28.1 Å². The smallest absolute Gasteiger partial charge is 0.407 e. The normalized spacial score (nSPS) is 15.0. The Morgan fingerprint density at radius 1 is 0.918 bits per heavy atom. The van der Waals surface area contributed by atoms with Gasteiger partial charge in [-0.2, -0.15) is 0 Å². The second kappa shape index (κ2) is 15.6. The van der Waals surface area contributed by atoms with E-state index in [2.05, 4.69) is 44.5 Å². The highest BCUT2D eigenvalue weighted by atomic mass is 28.4. The molecule has 0 spiro atoms. The molecule has 1 saturated heterocycles. The lowest BCUT2D eigenvalue weighted by atomic mass is 10.1. The van der Waals surface area contributed by atoms with Crippen LogP contribution in [0.4, 0.5) is 10.5 Å². The quantitative estimate of drug-likeness (QED) is 0.0810. The first-order chi connectivity index (χ1) is 23.1. The molecule has 0 saturated carbocycles. The van der Waals surface area contributed by atoms with Crippen molar-refractivity contribution in [3.05, 3.63) is 101 Å². The van der Waals surface area contributed by atoms with Crippen LogP contribution >= 0.6 is 0 Å². The van der Waals surface area contributed by atoms with Gasteiger partial charge in [0.1, 0.15) is 13.2 Å². The van der Waals surface area contributed by atoms with Gasteiger partial charge in [-0.15, -0.1) is 0 Å². The molecule has 1 atom stereocenters. The Kier molecular flexibility index (Phi) is 11.8. The first-order valence-corrected chi connectivity index (χ1v) is 18.9. The molecule has 262 valence electrons. The lowest BCUT2D eigenvalue weighted by Gasteiger charge is -2.39. The number of hydrogen-bond acceptors (Lipinski definition) is 10. The van der Waals surface area contributed by atoms with E-state index in [1.54, 1.807) is 12.1 Å². The molecule has 2 N–H and O–H groups in total. The average Bonchev–Trinajstić information content (AvgIpc) is 3.04. The lowest BCUT2D eigenvalue weighted by Crippen LogP contribution is -2.44. The van der Waals surface area contributed by atoms with Crippen molar-refractivity contribution in [2.24, 2.45) is 0 Å². The maximum Gasteiger partial charge on any atom is 0.407 e. The van der Waals surface area contributed by atoms with Gasteiger partial charge >= 0.3 is 18.0 Å². The number of carbonyl (C=O) groups is 3. The van der Waals surface area contributed by atoms with E-state index in [0.29, 0.717) is 22.7 Å². The van der Waals surface area contributed by atoms with Gasteiger partial charge in [0, 0.05) is 20.0 Å². The van der Waals surface area contributed by atoms with Crippen molar-refractivity contribution in [1.29, 1.82) is 0 Å². The minimum atomic E-state index is -2.41. The molecule has 11 nitrogen and oxygen atoms in total. The van der Waals surface area contributed by atoms with E-state index < -0.39 is 38.2 Å². The molecule has 0 aliphatic carbocycles. The topological polar surface area (TPSA) is 131 Å². The molecule has 3 aromatic carbocycles. The molecule has 12 heteroatoms. The van der Waals surface area contributed by atoms with Crippen molar-refractivity contribution in [3.63, 3.8) is 0 Å². The van der Waals surface area contributed by atoms with Crippen molar-refractivity contribution in [2.45, 2.75) is 77.9 Å². The van der Waals surface area contributed by atoms with Gasteiger partial charge in [-0.25, -0.2) is 14.4 Å². The second-order valence-electron chi connectivity index (χ2n) is 13.6. The zero-order chi connectivity index (χ0) is 35.8. The van der Waals surface area contributed by atoms with Crippen LogP contribution in [0.25, 0.3) is 0 Å². The van der Waals surface area contributed by atoms with E-state index >= 15 is 0 Å². The molecule has 0 radical (unpaired) electrons. The lowest BCUT2D eigenvalue weighted by molar-refractivity contribution is -0.222. The van der Waals surface area contributed by atoms with Crippen LogP contribution in [0, 0.1) is 0 Å². The summed E-state index contributed by atoms with van der Waals surface area (Å²) in [6.07, 6.45) is -0.0137. The summed E-state index contributed by atoms with van der Waals surface area (Å²) in [6, 6.07) is 22.6. The number of rotatable bonds is 13. The molecule has 1 aliphatic rings. The number of nitrogens with one attached hydrogen (secondary N) is 2. The Hall–Kier alpha value is -4.81. The molecule has 3 aromatic rings. The van der Waals surface area contributed by atoms with Gasteiger partial charge in [0.05, 0.1) is 25.4 Å². The summed E-state index contributed by atoms with van der Waals surface area (Å²) in [5, 5.41) is 5.75. The predicted octanol–water partition coefficient (Wildman–Crippen LogP) is 7.40. The summed E-state index contributed by atoms with van der Waals surface area (Å²) < 4.78 is 34.9. The summed E-state index contributed by atoms with van der Waals surface area (Å²) in [7, 11) is -0.896. The van der Waals surface area contributed by atoms with Crippen LogP contribution in [0.5, 0.6) is 11.5 Å². The number of anilines is 1. The third kappa shape index (κ3) is 10.1. The number of ether oxygens (including phenoxy) is 5. The van der Waals surface area contributed by atoms with Gasteiger partial charge in [0.2, 0.25) is 0 Å². The van der Waals surface area contributed by atoms with E-state index in [-0.39, 0.29) is 30.4 Å². The van der Waals surface area contributed by atoms with E-state index in [9.17, 15) is 14.4 Å². The average molecular weight is 691 g/mol. The van der Waals surface area contributed by atoms with Crippen LogP contribution in [-0.4, -0.2) is 45.8 Å². The monoisotopic (exact) mass is 690 g/mol. The fraction of sp³-hybridized carbons (Fsp3) is 0.378. The van der Waals surface area contributed by atoms with Crippen molar-refractivity contribution >= 4 is 32.0 Å². The molecule has 1 unspecified atom stereocenters. The molecule has 0 bridgehead atoms. The molecule has 1 aliphatic heterocycles. The summed E-state index contributed by atoms with van der Waals surface area (Å²) >= 11 is 0. The Morgan fingerprint density at radius 3 is 2.04 bits per heavy atom. The summed E-state index contributed by atoms with van der Waals surface area (Å²) in [5.41, 5.74) is 2.47. The van der Waals surface area contributed by atoms with Gasteiger partial charge in [-0.3, -0.25) is 0 Å². The molecule has 4 rings (SSSR count). The number of alkyl carbamates (subject to hydrolysis) is 1. The third-order valence-electron chi connectivity index (χ3n) is 8.27. The third-order valence-corrected chi connectivity index (χ3v) is 12.8. The highest BCUT2D eigenvalue weighted by Crippen LogP contribution is 2.43. The SMILES string of the molecule is COc1cc(C(CNC(=O)OCc2ccccc2)O[Si](C)(C)C(C)(C)C)cc(NC=C2C(=O)OC(C)(C)OC2=O)c1OCc1ccccc1. The maximum absolute atomic E-state index is 12.8. The fourth-order valence-corrected chi connectivity index (χ4v) is 5.87. The number of esters is 2. The van der Waals surface area contributed by atoms with E-state index in [1.807, 2.05) is 60.7 Å². The summed E-state index contributed by atoms with van der Waals surface area (Å²) in [6.45, 7) is 14.0. The number of benzene rings is 3. The first kappa shape index (κ1) is 37.0. The Balaban J connectivity index is 1.70. The summed E-state index contributed by atoms with van der Waals surface area (Å²) in [5.74, 6) is -2.37. The largest absolute Gasteiger partial charge is 0.493 e. The van der Waals surface area contributed by atoms with Crippen LogP contribution in [0.1, 0.15) is 57.4 Å². The van der Waals surface area contributed by atoms with E-state index in [0.717, 1.165) is 11.1 Å². The standard InChI is InChI=1S/C37H46N2O9Si/c1-36(2,3)49(7,8)48-31(22-39-35(42)45-24-26-17-13-10-14-18-26)27-19-29(38-21-28-33(40)46-37(4,5)47-34(28)41)32(30(20-27)43-6)44-23-25-15-11-9-12-16-25/h9-21,31,38H,22-24H2,1-8H3,(H,39,42). The Morgan fingerprint density at radius 2 is 1.49 bits per heavy atom. The number of amides is 1. The molecule has 1 heterocycles. The zero-order valence-corrected chi connectivity index (χ0v) is 30.4. The highest BCUT2D eigenvalue weighted by molar-refractivity contribution is 6.74. The zero-order valence-electron chi connectivity index (χ0n) is 29.4. The number of cyclic esters (lactones) is 2. The van der Waals surface area contributed by atoms with Gasteiger partial charge in [-0.05, 0) is 47.0 Å². The minimum Gasteiger partial charge on any atom is -0.493 e. The maximum atomic E-state index is 12.8. The van der Waals surface area contributed by atoms with Crippen LogP contribution in [0.15, 0.2) is 84.6 Å². The molecule has 49 heavy (non-hydrogen) atoms. The van der Waals surface area contributed by atoms with Crippen LogP contribution in [0.3, 0.4) is 0 Å². The van der Waals surface area contributed by atoms with Gasteiger partial charge in [0.25, 0.3) is 5.79 Å². The number of carbonyl (C=O) groups excluding carboxylic acids is 3. The van der Waals surface area contributed by atoms with Gasteiger partial charge in [-0.1, -0.05) is 81.4 Å². The Bertz CT molecular complexity index is 1630. The van der Waals surface area contributed by atoms with Crippen LogP contribution in [0.2, 0.25) is 18.1 Å². The molecular weight excluding hydrogens is 644 g/mol. The fourth-order valence-electron chi connectivity index (χ4n) is 4.59. The first-order valence-electron chi connectivity index (χ1n) is 16.0. The van der Waals surface area contributed by atoms with Crippen molar-refractivity contribution in [3.8, 4) is 11.5 Å². The van der Waals surface area contributed by atoms with Crippen molar-refractivity contribution in [2.75, 3.05) is 19.0 Å². The molecule has 1 amide bonds. The molecular formula is C37H46N2O9Si. The van der Waals surface area contributed by atoms with Gasteiger partial charge < -0.3 is 38.7 Å². The number of methoxy groups -OCH3 is 1. The summed E-state index contributed by atoms with van der Waals surface area (Å²) in [4.78, 5) is 38.3.